The minimum absolute atomic E-state index is 0.0216. The van der Waals surface area contributed by atoms with Crippen molar-refractivity contribution in [2.45, 2.75) is 13.3 Å². The molecule has 0 fully saturated rings. The predicted molar refractivity (Wildman–Crippen MR) is 74.3 cm³/mol. The standard InChI is InChI=1S/C15H15FN2O/c1-10-3-2-4-11(7-10)8-15(19)18-12-5-6-13(16)14(17)9-12/h2-7,9H,8,17H2,1H3,(H,18,19). The average molecular weight is 258 g/mol. The fourth-order valence-electron chi connectivity index (χ4n) is 1.83. The number of nitrogens with one attached hydrogen (secondary N) is 1. The highest BCUT2D eigenvalue weighted by Gasteiger charge is 2.06. The zero-order valence-corrected chi connectivity index (χ0v) is 10.6. The van der Waals surface area contributed by atoms with Gasteiger partial charge in [0.25, 0.3) is 0 Å². The van der Waals surface area contributed by atoms with Gasteiger partial charge in [0.1, 0.15) is 5.82 Å². The summed E-state index contributed by atoms with van der Waals surface area (Å²) in [7, 11) is 0. The lowest BCUT2D eigenvalue weighted by Gasteiger charge is -2.07. The van der Waals surface area contributed by atoms with E-state index in [2.05, 4.69) is 5.32 Å². The Labute approximate surface area is 111 Å². The van der Waals surface area contributed by atoms with Gasteiger partial charge >= 0.3 is 0 Å². The van der Waals surface area contributed by atoms with Gasteiger partial charge in [-0.1, -0.05) is 29.8 Å². The SMILES string of the molecule is Cc1cccc(CC(=O)Nc2ccc(F)c(N)c2)c1. The summed E-state index contributed by atoms with van der Waals surface area (Å²) < 4.78 is 13.0. The van der Waals surface area contributed by atoms with E-state index in [-0.39, 0.29) is 18.0 Å². The average Bonchev–Trinajstić information content (AvgIpc) is 2.34. The summed E-state index contributed by atoms with van der Waals surface area (Å²) in [6, 6.07) is 11.9. The Morgan fingerprint density at radius 1 is 1.26 bits per heavy atom. The van der Waals surface area contributed by atoms with Gasteiger partial charge in [0.2, 0.25) is 5.91 Å². The lowest BCUT2D eigenvalue weighted by Crippen LogP contribution is -2.14. The number of carbonyl (C=O) groups is 1. The van der Waals surface area contributed by atoms with Crippen molar-refractivity contribution >= 4 is 17.3 Å². The first-order chi connectivity index (χ1) is 9.04. The molecule has 0 heterocycles. The van der Waals surface area contributed by atoms with E-state index in [9.17, 15) is 9.18 Å². The molecule has 0 aromatic heterocycles. The van der Waals surface area contributed by atoms with Gasteiger partial charge in [0.05, 0.1) is 12.1 Å². The van der Waals surface area contributed by atoms with Crippen LogP contribution in [0.5, 0.6) is 0 Å². The molecule has 3 nitrogen and oxygen atoms in total. The molecule has 0 spiro atoms. The molecule has 2 aromatic carbocycles. The van der Waals surface area contributed by atoms with Crippen LogP contribution in [0.15, 0.2) is 42.5 Å². The van der Waals surface area contributed by atoms with Crippen molar-refractivity contribution in [3.8, 4) is 0 Å². The van der Waals surface area contributed by atoms with E-state index in [4.69, 9.17) is 5.73 Å². The van der Waals surface area contributed by atoms with Crippen LogP contribution in [-0.4, -0.2) is 5.91 Å². The van der Waals surface area contributed by atoms with Crippen LogP contribution in [-0.2, 0) is 11.2 Å². The molecule has 3 N–H and O–H groups in total. The molecule has 19 heavy (non-hydrogen) atoms. The fourth-order valence-corrected chi connectivity index (χ4v) is 1.83. The molecule has 0 aliphatic heterocycles. The number of halogens is 1. The molecular weight excluding hydrogens is 243 g/mol. The van der Waals surface area contributed by atoms with E-state index in [1.807, 2.05) is 31.2 Å². The van der Waals surface area contributed by atoms with Gasteiger partial charge in [-0.2, -0.15) is 0 Å². The molecule has 2 rings (SSSR count). The van der Waals surface area contributed by atoms with E-state index in [1.54, 1.807) is 0 Å². The second-order valence-electron chi connectivity index (χ2n) is 4.45. The fraction of sp³-hybridized carbons (Fsp3) is 0.133. The van der Waals surface area contributed by atoms with E-state index in [0.29, 0.717) is 5.69 Å². The van der Waals surface area contributed by atoms with Gasteiger partial charge in [0, 0.05) is 5.69 Å². The molecular formula is C15H15FN2O. The molecule has 0 atom stereocenters. The molecule has 0 radical (unpaired) electrons. The van der Waals surface area contributed by atoms with Gasteiger partial charge in [-0.05, 0) is 30.7 Å². The number of hydrogen-bond acceptors (Lipinski definition) is 2. The third kappa shape index (κ3) is 3.55. The first-order valence-electron chi connectivity index (χ1n) is 5.95. The topological polar surface area (TPSA) is 55.1 Å². The summed E-state index contributed by atoms with van der Waals surface area (Å²) in [5.41, 5.74) is 8.01. The lowest BCUT2D eigenvalue weighted by molar-refractivity contribution is -0.115. The van der Waals surface area contributed by atoms with Crippen molar-refractivity contribution in [1.82, 2.24) is 0 Å². The highest BCUT2D eigenvalue weighted by atomic mass is 19.1. The highest BCUT2D eigenvalue weighted by molar-refractivity contribution is 5.92. The summed E-state index contributed by atoms with van der Waals surface area (Å²) in [6.45, 7) is 1.97. The Morgan fingerprint density at radius 3 is 2.74 bits per heavy atom. The number of rotatable bonds is 3. The summed E-state index contributed by atoms with van der Waals surface area (Å²) in [5.74, 6) is -0.645. The zero-order valence-electron chi connectivity index (χ0n) is 10.6. The van der Waals surface area contributed by atoms with Crippen LogP contribution in [0.1, 0.15) is 11.1 Å². The van der Waals surface area contributed by atoms with Crippen LogP contribution in [0, 0.1) is 12.7 Å². The Morgan fingerprint density at radius 2 is 2.05 bits per heavy atom. The van der Waals surface area contributed by atoms with Crippen molar-refractivity contribution in [3.63, 3.8) is 0 Å². The maximum Gasteiger partial charge on any atom is 0.228 e. The maximum absolute atomic E-state index is 13.0. The summed E-state index contributed by atoms with van der Waals surface area (Å²) in [5, 5.41) is 2.69. The number of carbonyl (C=O) groups excluding carboxylic acids is 1. The molecule has 0 saturated carbocycles. The number of nitrogen functional groups attached to an aromatic ring is 1. The molecule has 0 bridgehead atoms. The molecule has 0 saturated heterocycles. The molecule has 1 amide bonds. The van der Waals surface area contributed by atoms with Gasteiger partial charge < -0.3 is 11.1 Å². The second-order valence-corrected chi connectivity index (χ2v) is 4.45. The van der Waals surface area contributed by atoms with Crippen LogP contribution < -0.4 is 11.1 Å². The quantitative estimate of drug-likeness (QED) is 0.832. The van der Waals surface area contributed by atoms with Gasteiger partial charge in [-0.25, -0.2) is 4.39 Å². The summed E-state index contributed by atoms with van der Waals surface area (Å²) in [4.78, 5) is 11.8. The molecule has 0 unspecified atom stereocenters. The number of aryl methyl sites for hydroxylation is 1. The Kier molecular flexibility index (Phi) is 3.80. The smallest absolute Gasteiger partial charge is 0.228 e. The number of hydrogen-bond donors (Lipinski definition) is 2. The van der Waals surface area contributed by atoms with E-state index in [1.165, 1.54) is 18.2 Å². The first kappa shape index (κ1) is 13.1. The van der Waals surface area contributed by atoms with E-state index >= 15 is 0 Å². The third-order valence-corrected chi connectivity index (χ3v) is 2.73. The third-order valence-electron chi connectivity index (χ3n) is 2.73. The largest absolute Gasteiger partial charge is 0.396 e. The van der Waals surface area contributed by atoms with Crippen molar-refractivity contribution in [3.05, 3.63) is 59.4 Å². The van der Waals surface area contributed by atoms with Gasteiger partial charge in [-0.3, -0.25) is 4.79 Å². The van der Waals surface area contributed by atoms with Gasteiger partial charge in [0.15, 0.2) is 0 Å². The normalized spacial score (nSPS) is 10.2. The van der Waals surface area contributed by atoms with Crippen LogP contribution in [0.2, 0.25) is 0 Å². The van der Waals surface area contributed by atoms with Crippen molar-refractivity contribution in [1.29, 1.82) is 0 Å². The lowest BCUT2D eigenvalue weighted by atomic mass is 10.1. The van der Waals surface area contributed by atoms with Crippen LogP contribution in [0.4, 0.5) is 15.8 Å². The predicted octanol–water partition coefficient (Wildman–Crippen LogP) is 2.90. The Hall–Kier alpha value is -2.36. The Bertz CT molecular complexity index is 611. The van der Waals surface area contributed by atoms with E-state index < -0.39 is 5.82 Å². The zero-order chi connectivity index (χ0) is 13.8. The highest BCUT2D eigenvalue weighted by Crippen LogP contribution is 2.16. The molecule has 0 aliphatic carbocycles. The molecule has 2 aromatic rings. The number of anilines is 2. The van der Waals surface area contributed by atoms with Gasteiger partial charge in [-0.15, -0.1) is 0 Å². The molecule has 0 aliphatic rings. The maximum atomic E-state index is 13.0. The second kappa shape index (κ2) is 5.52. The van der Waals surface area contributed by atoms with Crippen LogP contribution in [0.25, 0.3) is 0 Å². The minimum atomic E-state index is -0.489. The van der Waals surface area contributed by atoms with Crippen molar-refractivity contribution in [2.24, 2.45) is 0 Å². The van der Waals surface area contributed by atoms with Crippen molar-refractivity contribution in [2.75, 3.05) is 11.1 Å². The summed E-state index contributed by atoms with van der Waals surface area (Å²) >= 11 is 0. The number of nitrogens with two attached hydrogens (primary N) is 1. The monoisotopic (exact) mass is 258 g/mol. The van der Waals surface area contributed by atoms with E-state index in [0.717, 1.165) is 11.1 Å². The molecule has 98 valence electrons. The van der Waals surface area contributed by atoms with Crippen molar-refractivity contribution < 1.29 is 9.18 Å². The Balaban J connectivity index is 2.03. The first-order valence-corrected chi connectivity index (χ1v) is 5.95. The number of amides is 1. The minimum Gasteiger partial charge on any atom is -0.396 e. The van der Waals surface area contributed by atoms with Crippen LogP contribution >= 0.6 is 0 Å². The molecule has 4 heteroatoms. The van der Waals surface area contributed by atoms with Crippen LogP contribution in [0.3, 0.4) is 0 Å². The number of benzene rings is 2. The summed E-state index contributed by atoms with van der Waals surface area (Å²) in [6.07, 6.45) is 0.277.